The molecule has 0 saturated heterocycles. The first-order valence-corrected chi connectivity index (χ1v) is 6.34. The lowest BCUT2D eigenvalue weighted by atomic mass is 10.2. The van der Waals surface area contributed by atoms with Crippen LogP contribution in [0.2, 0.25) is 0 Å². The van der Waals surface area contributed by atoms with Crippen molar-refractivity contribution in [3.05, 3.63) is 40.6 Å². The van der Waals surface area contributed by atoms with Crippen LogP contribution < -0.4 is 0 Å². The molecular formula is C12H10N2O4S. The first-order valence-electron chi connectivity index (χ1n) is 5.35. The van der Waals surface area contributed by atoms with Crippen molar-refractivity contribution in [3.8, 4) is 0 Å². The van der Waals surface area contributed by atoms with Gasteiger partial charge >= 0.3 is 5.97 Å². The number of carbonyl (C=O) groups is 1. The lowest BCUT2D eigenvalue weighted by Crippen LogP contribution is -2.03. The standard InChI is InChI=1S/C12H10N2O4S/c1-18-11(15)7-19-12-8-3-2-6-13-9(8)4-5-10(12)14(16)17/h2-6H,7H2,1H3. The highest BCUT2D eigenvalue weighted by atomic mass is 32.2. The molecule has 2 aromatic rings. The molecule has 0 amide bonds. The van der Waals surface area contributed by atoms with Crippen LogP contribution in [-0.4, -0.2) is 28.7 Å². The van der Waals surface area contributed by atoms with E-state index in [0.717, 1.165) is 11.8 Å². The summed E-state index contributed by atoms with van der Waals surface area (Å²) in [6.45, 7) is 0. The number of fused-ring (bicyclic) bond motifs is 1. The van der Waals surface area contributed by atoms with E-state index in [0.29, 0.717) is 15.8 Å². The van der Waals surface area contributed by atoms with E-state index in [9.17, 15) is 14.9 Å². The van der Waals surface area contributed by atoms with Gasteiger partial charge in [0.1, 0.15) is 0 Å². The predicted molar refractivity (Wildman–Crippen MR) is 71.1 cm³/mol. The van der Waals surface area contributed by atoms with Gasteiger partial charge in [-0.3, -0.25) is 19.9 Å². The molecule has 0 radical (unpaired) electrons. The van der Waals surface area contributed by atoms with E-state index in [-0.39, 0.29) is 11.4 Å². The third-order valence-electron chi connectivity index (χ3n) is 2.47. The summed E-state index contributed by atoms with van der Waals surface area (Å²) in [7, 11) is 1.28. The molecule has 0 bridgehead atoms. The van der Waals surface area contributed by atoms with E-state index >= 15 is 0 Å². The minimum Gasteiger partial charge on any atom is -0.468 e. The largest absolute Gasteiger partial charge is 0.468 e. The number of rotatable bonds is 4. The van der Waals surface area contributed by atoms with Gasteiger partial charge in [0.25, 0.3) is 5.69 Å². The van der Waals surface area contributed by atoms with Crippen LogP contribution in [-0.2, 0) is 9.53 Å². The van der Waals surface area contributed by atoms with Crippen LogP contribution in [0.25, 0.3) is 10.9 Å². The number of nitrogens with zero attached hydrogens (tertiary/aromatic N) is 2. The summed E-state index contributed by atoms with van der Waals surface area (Å²) in [6, 6.07) is 6.44. The van der Waals surface area contributed by atoms with Crippen molar-refractivity contribution >= 4 is 34.3 Å². The fraction of sp³-hybridized carbons (Fsp3) is 0.167. The molecule has 98 valence electrons. The van der Waals surface area contributed by atoms with Crippen LogP contribution in [0.4, 0.5) is 5.69 Å². The maximum Gasteiger partial charge on any atom is 0.315 e. The Hall–Kier alpha value is -2.15. The quantitative estimate of drug-likeness (QED) is 0.369. The van der Waals surface area contributed by atoms with Crippen molar-refractivity contribution in [2.45, 2.75) is 4.90 Å². The van der Waals surface area contributed by atoms with Crippen molar-refractivity contribution in [1.29, 1.82) is 0 Å². The second-order valence-corrected chi connectivity index (χ2v) is 4.59. The molecule has 2 rings (SSSR count). The summed E-state index contributed by atoms with van der Waals surface area (Å²) >= 11 is 1.08. The minimum absolute atomic E-state index is 0.0192. The molecule has 0 aliphatic heterocycles. The molecule has 1 aromatic heterocycles. The average Bonchev–Trinajstić information content (AvgIpc) is 2.43. The van der Waals surface area contributed by atoms with Crippen molar-refractivity contribution in [2.75, 3.05) is 12.9 Å². The molecular weight excluding hydrogens is 268 g/mol. The number of hydrogen-bond acceptors (Lipinski definition) is 6. The number of benzene rings is 1. The maximum atomic E-state index is 11.2. The lowest BCUT2D eigenvalue weighted by Gasteiger charge is -2.06. The van der Waals surface area contributed by atoms with E-state index in [1.165, 1.54) is 13.2 Å². The van der Waals surface area contributed by atoms with Gasteiger partial charge in [-0.15, -0.1) is 11.8 Å². The monoisotopic (exact) mass is 278 g/mol. The summed E-state index contributed by atoms with van der Waals surface area (Å²) < 4.78 is 4.54. The van der Waals surface area contributed by atoms with Crippen molar-refractivity contribution in [3.63, 3.8) is 0 Å². The van der Waals surface area contributed by atoms with Crippen LogP contribution in [0.1, 0.15) is 0 Å². The molecule has 0 aliphatic rings. The average molecular weight is 278 g/mol. The van der Waals surface area contributed by atoms with Gasteiger partial charge in [0.05, 0.1) is 28.2 Å². The Bertz CT molecular complexity index is 645. The van der Waals surface area contributed by atoms with Crippen molar-refractivity contribution in [1.82, 2.24) is 4.98 Å². The number of aromatic nitrogens is 1. The van der Waals surface area contributed by atoms with Crippen molar-refractivity contribution in [2.24, 2.45) is 0 Å². The minimum atomic E-state index is -0.466. The van der Waals surface area contributed by atoms with Gasteiger partial charge in [0.15, 0.2) is 0 Å². The Balaban J connectivity index is 2.49. The molecule has 0 atom stereocenters. The van der Waals surface area contributed by atoms with Crippen LogP contribution in [0.3, 0.4) is 0 Å². The molecule has 1 heterocycles. The van der Waals surface area contributed by atoms with E-state index in [1.807, 2.05) is 0 Å². The van der Waals surface area contributed by atoms with E-state index in [1.54, 1.807) is 24.4 Å². The van der Waals surface area contributed by atoms with E-state index in [4.69, 9.17) is 0 Å². The SMILES string of the molecule is COC(=O)CSc1c([N+](=O)[O-])ccc2ncccc12. The van der Waals surface area contributed by atoms with Gasteiger partial charge in [-0.2, -0.15) is 0 Å². The van der Waals surface area contributed by atoms with Crippen molar-refractivity contribution < 1.29 is 14.5 Å². The smallest absolute Gasteiger partial charge is 0.315 e. The molecule has 19 heavy (non-hydrogen) atoms. The van der Waals surface area contributed by atoms with E-state index in [2.05, 4.69) is 9.72 Å². The van der Waals surface area contributed by atoms with E-state index < -0.39 is 10.9 Å². The highest BCUT2D eigenvalue weighted by Gasteiger charge is 2.18. The molecule has 0 saturated carbocycles. The third-order valence-corrected chi connectivity index (χ3v) is 3.57. The summed E-state index contributed by atoms with van der Waals surface area (Å²) in [4.78, 5) is 26.3. The summed E-state index contributed by atoms with van der Waals surface area (Å²) in [6.07, 6.45) is 1.61. The molecule has 6 nitrogen and oxygen atoms in total. The number of thioether (sulfide) groups is 1. The van der Waals surface area contributed by atoms with Crippen LogP contribution >= 0.6 is 11.8 Å². The number of esters is 1. The molecule has 0 aliphatic carbocycles. The summed E-state index contributed by atoms with van der Waals surface area (Å²) in [5.41, 5.74) is 0.620. The van der Waals surface area contributed by atoms with Gasteiger partial charge in [-0.05, 0) is 18.2 Å². The van der Waals surface area contributed by atoms with Gasteiger partial charge in [0.2, 0.25) is 0 Å². The second-order valence-electron chi connectivity index (χ2n) is 3.61. The highest BCUT2D eigenvalue weighted by molar-refractivity contribution is 8.00. The molecule has 7 heteroatoms. The molecule has 0 unspecified atom stereocenters. The first-order chi connectivity index (χ1) is 9.13. The summed E-state index contributed by atoms with van der Waals surface area (Å²) in [5.74, 6) is -0.411. The van der Waals surface area contributed by atoms with Crippen LogP contribution in [0.15, 0.2) is 35.4 Å². The number of hydrogen-bond donors (Lipinski definition) is 0. The number of ether oxygens (including phenoxy) is 1. The summed E-state index contributed by atoms with van der Waals surface area (Å²) in [5, 5.41) is 11.7. The van der Waals surface area contributed by atoms with Gasteiger partial charge in [0, 0.05) is 17.6 Å². The Morgan fingerprint density at radius 2 is 2.26 bits per heavy atom. The Morgan fingerprint density at radius 3 is 2.95 bits per heavy atom. The third kappa shape index (κ3) is 2.82. The number of pyridine rings is 1. The number of carbonyl (C=O) groups excluding carboxylic acids is 1. The molecule has 1 aromatic carbocycles. The molecule has 0 spiro atoms. The Labute approximate surface area is 112 Å². The van der Waals surface area contributed by atoms with Gasteiger partial charge in [-0.25, -0.2) is 0 Å². The predicted octanol–water partition coefficient (Wildman–Crippen LogP) is 2.41. The molecule has 0 N–H and O–H groups in total. The van der Waals surface area contributed by atoms with Gasteiger partial charge in [-0.1, -0.05) is 0 Å². The fourth-order valence-corrected chi connectivity index (χ4v) is 2.60. The zero-order valence-corrected chi connectivity index (χ0v) is 10.8. The number of methoxy groups -OCH3 is 1. The normalized spacial score (nSPS) is 10.4. The zero-order chi connectivity index (χ0) is 13.8. The second kappa shape index (κ2) is 5.66. The molecule has 0 fully saturated rings. The zero-order valence-electron chi connectivity index (χ0n) is 10.0. The lowest BCUT2D eigenvalue weighted by molar-refractivity contribution is -0.387. The van der Waals surface area contributed by atoms with Gasteiger partial charge < -0.3 is 4.74 Å². The Kier molecular flexibility index (Phi) is 3.96. The highest BCUT2D eigenvalue weighted by Crippen LogP contribution is 2.35. The maximum absolute atomic E-state index is 11.2. The number of nitro groups is 1. The van der Waals surface area contributed by atoms with Crippen LogP contribution in [0.5, 0.6) is 0 Å². The topological polar surface area (TPSA) is 82.3 Å². The fourth-order valence-electron chi connectivity index (χ4n) is 1.60. The Morgan fingerprint density at radius 1 is 1.47 bits per heavy atom. The first kappa shape index (κ1) is 13.3. The number of nitro benzene ring substituents is 1. The van der Waals surface area contributed by atoms with Crippen LogP contribution in [0, 0.1) is 10.1 Å².